The number of aliphatic carboxylic acids is 3. The molecule has 0 saturated carbocycles. The van der Waals surface area contributed by atoms with Crippen molar-refractivity contribution in [2.75, 3.05) is 25.1 Å². The van der Waals surface area contributed by atoms with Crippen LogP contribution in [0.25, 0.3) is 0 Å². The van der Waals surface area contributed by atoms with Crippen LogP contribution in [-0.4, -0.2) is 182 Å². The normalized spacial score (nSPS) is 14.4. The second kappa shape index (κ2) is 37.3. The second-order valence-electron chi connectivity index (χ2n) is 18.1. The molecule has 0 unspecified atom stereocenters. The Hall–Kier alpha value is -7.45. The molecule has 0 radical (unpaired) electrons. The number of carbonyl (C=O) groups excluding carboxylic acids is 10. The fourth-order valence-electron chi connectivity index (χ4n) is 7.22. The van der Waals surface area contributed by atoms with Gasteiger partial charge in [0.05, 0.1) is 12.4 Å². The third-order valence-electron chi connectivity index (χ3n) is 11.7. The van der Waals surface area contributed by atoms with Crippen molar-refractivity contribution in [1.29, 1.82) is 0 Å². The van der Waals surface area contributed by atoms with E-state index in [0.717, 1.165) is 0 Å². The number of unbranched alkanes of at least 4 members (excludes halogenated alkanes) is 2. The van der Waals surface area contributed by atoms with E-state index in [2.05, 4.69) is 52.5 Å². The molecule has 0 aliphatic carbocycles. The number of hydrogen-bond donors (Lipinski definition) is 17. The minimum absolute atomic E-state index is 0.0237. The molecule has 0 spiro atoms. The molecule has 78 heavy (non-hydrogen) atoms. The van der Waals surface area contributed by atoms with Crippen LogP contribution in [0.1, 0.15) is 109 Å². The smallest absolute Gasteiger partial charge is 0.326 e. The molecule has 22 N–H and O–H groups in total. The molecule has 438 valence electrons. The fourth-order valence-corrected chi connectivity index (χ4v) is 7.69. The van der Waals surface area contributed by atoms with Crippen molar-refractivity contribution in [2.24, 2.45) is 28.7 Å². The number of H-pyrrole nitrogens is 1. The van der Waals surface area contributed by atoms with Crippen LogP contribution in [0.2, 0.25) is 0 Å². The van der Waals surface area contributed by atoms with Crippen LogP contribution in [0.4, 0.5) is 0 Å². The number of rotatable bonds is 42. The average molecular weight is 1130 g/mol. The molecule has 10 amide bonds. The predicted molar refractivity (Wildman–Crippen MR) is 278 cm³/mol. The molecule has 0 saturated heterocycles. The highest BCUT2D eigenvalue weighted by molar-refractivity contribution is 7.98. The zero-order valence-electron chi connectivity index (χ0n) is 43.7. The Morgan fingerprint density at radius 1 is 0.513 bits per heavy atom. The lowest BCUT2D eigenvalue weighted by molar-refractivity contribution is -0.143. The van der Waals surface area contributed by atoms with Gasteiger partial charge in [-0.25, -0.2) is 9.78 Å². The Kier molecular flexibility index (Phi) is 32.8. The molecule has 0 bridgehead atoms. The number of amides is 10. The Morgan fingerprint density at radius 3 is 1.32 bits per heavy atom. The molecule has 1 aromatic heterocycles. The number of carboxylic acid groups (broad SMARTS) is 3. The number of aromatic nitrogens is 2. The predicted octanol–water partition coefficient (Wildman–Crippen LogP) is -5.47. The molecule has 31 nitrogen and oxygen atoms in total. The van der Waals surface area contributed by atoms with Gasteiger partial charge in [0.2, 0.25) is 59.1 Å². The monoisotopic (exact) mass is 1130 g/mol. The fraction of sp³-hybridized carbons (Fsp3) is 0.652. The van der Waals surface area contributed by atoms with E-state index in [4.69, 9.17) is 28.7 Å². The number of carbonyl (C=O) groups is 13. The van der Waals surface area contributed by atoms with E-state index in [0.29, 0.717) is 32.2 Å². The highest BCUT2D eigenvalue weighted by Crippen LogP contribution is 2.11. The van der Waals surface area contributed by atoms with E-state index in [9.17, 15) is 77.6 Å². The van der Waals surface area contributed by atoms with Crippen molar-refractivity contribution in [2.45, 2.75) is 164 Å². The van der Waals surface area contributed by atoms with Gasteiger partial charge in [-0.15, -0.1) is 0 Å². The summed E-state index contributed by atoms with van der Waals surface area (Å²) in [6.45, 7) is 1.75. The van der Waals surface area contributed by atoms with Crippen molar-refractivity contribution in [1.82, 2.24) is 52.5 Å². The van der Waals surface area contributed by atoms with Crippen LogP contribution >= 0.6 is 11.8 Å². The number of nitrogens with one attached hydrogen (secondary N) is 9. The summed E-state index contributed by atoms with van der Waals surface area (Å²) in [5.74, 6) is -13.5. The van der Waals surface area contributed by atoms with Crippen molar-refractivity contribution in [3.8, 4) is 0 Å². The first kappa shape index (κ1) is 68.6. The van der Waals surface area contributed by atoms with Crippen molar-refractivity contribution < 1.29 is 77.6 Å². The van der Waals surface area contributed by atoms with Gasteiger partial charge in [0.15, 0.2) is 0 Å². The Bertz CT molecular complexity index is 2190. The van der Waals surface area contributed by atoms with Crippen LogP contribution in [0, 0.1) is 0 Å². The quantitative estimate of drug-likeness (QED) is 0.0272. The molecule has 0 fully saturated rings. The third kappa shape index (κ3) is 28.1. The van der Waals surface area contributed by atoms with Gasteiger partial charge in [-0.05, 0) is 96.2 Å². The first-order chi connectivity index (χ1) is 36.8. The van der Waals surface area contributed by atoms with E-state index >= 15 is 0 Å². The van der Waals surface area contributed by atoms with Crippen LogP contribution in [0.3, 0.4) is 0 Å². The molecule has 1 heterocycles. The average Bonchev–Trinajstić information content (AvgIpc) is 3.89. The molecular weight excluding hydrogens is 1050 g/mol. The van der Waals surface area contributed by atoms with E-state index < -0.39 is 170 Å². The molecule has 1 aromatic rings. The molecule has 32 heteroatoms. The van der Waals surface area contributed by atoms with E-state index in [-0.39, 0.29) is 56.5 Å². The standard InChI is InChI=1S/C46H77N15O16S/c1-24(38(68)55-29(11-15-36(64)65)41(71)59-31(17-20-78-2)44(74)57-27(8-4-6-19-48)40(70)60-32(46(76)77)10-14-35(51)63)54-45(75)33(21-25-22-52-23-53-25)61-43(73)28(9-13-34(50)62)58-42(72)30(12-16-37(66)67)56-39(69)26(49)7-3-5-18-47/h22-24,26-33H,3-21,47-49H2,1-2H3,(H2,50,62)(H2,51,63)(H,52,53)(H,54,75)(H,55,68)(H,56,69)(H,57,74)(H,58,72)(H,59,71)(H,60,70)(H,61,73)(H,64,65)(H,66,67)(H,76,77)/t24-,26-,27-,28-,29-,30-,31-,32-,33-/m0/s1. The maximum atomic E-state index is 14.0. The topological polar surface area (TPSA) is 538 Å². The first-order valence-electron chi connectivity index (χ1n) is 25.1. The summed E-state index contributed by atoms with van der Waals surface area (Å²) >= 11 is 1.28. The highest BCUT2D eigenvalue weighted by Gasteiger charge is 2.35. The van der Waals surface area contributed by atoms with Gasteiger partial charge in [0.25, 0.3) is 0 Å². The number of carboxylic acids is 3. The largest absolute Gasteiger partial charge is 0.481 e. The summed E-state index contributed by atoms with van der Waals surface area (Å²) in [7, 11) is 0. The Labute approximate surface area is 453 Å². The van der Waals surface area contributed by atoms with Gasteiger partial charge in [-0.1, -0.05) is 6.42 Å². The number of hydrogen-bond acceptors (Lipinski definition) is 18. The number of nitrogens with two attached hydrogens (primary N) is 5. The summed E-state index contributed by atoms with van der Waals surface area (Å²) in [6.07, 6.45) is 1.90. The minimum atomic E-state index is -1.66. The molecule has 0 aliphatic heterocycles. The molecule has 9 atom stereocenters. The summed E-state index contributed by atoms with van der Waals surface area (Å²) in [5, 5.41) is 47.8. The van der Waals surface area contributed by atoms with Crippen LogP contribution < -0.4 is 71.2 Å². The van der Waals surface area contributed by atoms with Crippen LogP contribution in [0.5, 0.6) is 0 Å². The molecular formula is C46H77N15O16S. The van der Waals surface area contributed by atoms with Gasteiger partial charge in [0.1, 0.15) is 48.3 Å². The van der Waals surface area contributed by atoms with Gasteiger partial charge in [0, 0.05) is 44.0 Å². The van der Waals surface area contributed by atoms with Gasteiger partial charge in [-0.3, -0.25) is 57.5 Å². The van der Waals surface area contributed by atoms with Gasteiger partial charge in [-0.2, -0.15) is 11.8 Å². The van der Waals surface area contributed by atoms with Crippen LogP contribution in [0.15, 0.2) is 12.5 Å². The SMILES string of the molecule is CSCC[C@H](NC(=O)[C@H](CCC(=O)O)NC(=O)[C@H](C)NC(=O)[C@H](Cc1cnc[nH]1)NC(=O)[C@H](CCC(N)=O)NC(=O)[C@H](CCC(=O)O)NC(=O)[C@@H](N)CCCCN)C(=O)N[C@@H](CCCCN)C(=O)N[C@@H](CCC(N)=O)C(=O)O. The second-order valence-corrected chi connectivity index (χ2v) is 19.1. The minimum Gasteiger partial charge on any atom is -0.481 e. The summed E-state index contributed by atoms with van der Waals surface area (Å²) in [6, 6.07) is -13.4. The maximum Gasteiger partial charge on any atom is 0.326 e. The highest BCUT2D eigenvalue weighted by atomic mass is 32.2. The number of nitrogens with zero attached hydrogens (tertiary/aromatic N) is 1. The third-order valence-corrected chi connectivity index (χ3v) is 12.3. The Morgan fingerprint density at radius 2 is 0.897 bits per heavy atom. The first-order valence-corrected chi connectivity index (χ1v) is 26.5. The maximum absolute atomic E-state index is 14.0. The number of thioether (sulfide) groups is 1. The number of aromatic amines is 1. The molecule has 0 aliphatic rings. The summed E-state index contributed by atoms with van der Waals surface area (Å²) < 4.78 is 0. The summed E-state index contributed by atoms with van der Waals surface area (Å²) in [5.41, 5.74) is 27.9. The summed E-state index contributed by atoms with van der Waals surface area (Å²) in [4.78, 5) is 174. The van der Waals surface area contributed by atoms with Gasteiger partial charge >= 0.3 is 17.9 Å². The molecule has 1 rings (SSSR count). The lowest BCUT2D eigenvalue weighted by Gasteiger charge is -2.27. The zero-order valence-corrected chi connectivity index (χ0v) is 44.5. The molecule has 0 aromatic carbocycles. The van der Waals surface area contributed by atoms with E-state index in [1.165, 1.54) is 31.2 Å². The number of primary amides is 2. The van der Waals surface area contributed by atoms with Crippen molar-refractivity contribution in [3.05, 3.63) is 18.2 Å². The zero-order chi connectivity index (χ0) is 58.9. The lowest BCUT2D eigenvalue weighted by Crippen LogP contribution is -2.60. The Balaban J connectivity index is 3.44. The lowest BCUT2D eigenvalue weighted by atomic mass is 10.0. The van der Waals surface area contributed by atoms with Crippen molar-refractivity contribution in [3.63, 3.8) is 0 Å². The van der Waals surface area contributed by atoms with Crippen LogP contribution in [-0.2, 0) is 68.7 Å². The van der Waals surface area contributed by atoms with Crippen molar-refractivity contribution >= 4 is 88.7 Å². The van der Waals surface area contributed by atoms with E-state index in [1.54, 1.807) is 6.26 Å². The van der Waals surface area contributed by atoms with E-state index in [1.807, 2.05) is 0 Å². The van der Waals surface area contributed by atoms with Gasteiger partial charge < -0.3 is 91.5 Å². The number of imidazole rings is 1.